The molecule has 0 aliphatic carbocycles. The highest BCUT2D eigenvalue weighted by Gasteiger charge is 2.29. The van der Waals surface area contributed by atoms with Crippen LogP contribution in [0.5, 0.6) is 5.75 Å². The minimum absolute atomic E-state index is 0.0147. The summed E-state index contributed by atoms with van der Waals surface area (Å²) in [6.07, 6.45) is 0.730. The van der Waals surface area contributed by atoms with E-state index in [-0.39, 0.29) is 18.6 Å². The topological polar surface area (TPSA) is 58.6 Å². The molecule has 1 atom stereocenters. The summed E-state index contributed by atoms with van der Waals surface area (Å²) in [5, 5.41) is 1.55. The van der Waals surface area contributed by atoms with E-state index in [0.29, 0.717) is 17.3 Å². The minimum atomic E-state index is -0.0147. The number of nitrogens with zero attached hydrogens (tertiary/aromatic N) is 4. The number of hydrogen-bond acceptors (Lipinski definition) is 6. The lowest BCUT2D eigenvalue weighted by atomic mass is 10.1. The number of piperazine rings is 1. The molecular weight excluding hydrogens is 420 g/mol. The largest absolute Gasteiger partial charge is 0.484 e. The molecule has 1 fully saturated rings. The van der Waals surface area contributed by atoms with Crippen molar-refractivity contribution in [2.24, 2.45) is 0 Å². The van der Waals surface area contributed by atoms with Crippen LogP contribution in [0.3, 0.4) is 0 Å². The van der Waals surface area contributed by atoms with Crippen LogP contribution in [0.1, 0.15) is 18.3 Å². The van der Waals surface area contributed by atoms with Gasteiger partial charge in [-0.25, -0.2) is 4.98 Å². The molecule has 30 heavy (non-hydrogen) atoms. The van der Waals surface area contributed by atoms with Crippen molar-refractivity contribution >= 4 is 34.2 Å². The molecule has 0 N–H and O–H groups in total. The molecule has 8 heteroatoms. The number of rotatable bonds is 6. The van der Waals surface area contributed by atoms with Crippen LogP contribution in [0.25, 0.3) is 0 Å². The zero-order valence-corrected chi connectivity index (χ0v) is 18.3. The Kier molecular flexibility index (Phi) is 6.50. The fraction of sp³-hybridized carbons (Fsp3) is 0.318. The number of benzene rings is 2. The highest BCUT2D eigenvalue weighted by Crippen LogP contribution is 2.23. The Morgan fingerprint density at radius 2 is 1.93 bits per heavy atom. The van der Waals surface area contributed by atoms with Crippen LogP contribution in [0, 0.1) is 0 Å². The predicted molar refractivity (Wildman–Crippen MR) is 119 cm³/mol. The second-order valence-corrected chi connectivity index (χ2v) is 8.45. The van der Waals surface area contributed by atoms with Crippen molar-refractivity contribution in [2.45, 2.75) is 19.4 Å². The molecule has 1 aromatic heterocycles. The first-order valence-electron chi connectivity index (χ1n) is 9.88. The van der Waals surface area contributed by atoms with Crippen molar-refractivity contribution in [3.8, 4) is 5.75 Å². The van der Waals surface area contributed by atoms with Gasteiger partial charge >= 0.3 is 0 Å². The number of amides is 1. The van der Waals surface area contributed by atoms with Gasteiger partial charge in [0.05, 0.1) is 0 Å². The fourth-order valence-electron chi connectivity index (χ4n) is 3.48. The minimum Gasteiger partial charge on any atom is -0.484 e. The zero-order valence-electron chi connectivity index (χ0n) is 16.7. The van der Waals surface area contributed by atoms with Gasteiger partial charge in [0, 0.05) is 48.7 Å². The summed E-state index contributed by atoms with van der Waals surface area (Å²) in [7, 11) is 0. The second-order valence-electron chi connectivity index (χ2n) is 7.28. The standard InChI is InChI=1S/C22H23ClN4O2S/c1-16-14-26(22-24-20(25-30-22)13-17-5-3-2-4-6-17)11-12-27(16)21(28)15-29-19-9-7-18(23)8-10-19/h2-10,16H,11-15H2,1H3. The molecule has 0 spiro atoms. The molecule has 6 nitrogen and oxygen atoms in total. The van der Waals surface area contributed by atoms with E-state index in [2.05, 4.69) is 28.3 Å². The predicted octanol–water partition coefficient (Wildman–Crippen LogP) is 3.90. The summed E-state index contributed by atoms with van der Waals surface area (Å²) < 4.78 is 10.1. The van der Waals surface area contributed by atoms with Crippen molar-refractivity contribution in [2.75, 3.05) is 31.1 Å². The summed E-state index contributed by atoms with van der Waals surface area (Å²) in [6, 6.07) is 17.3. The number of anilines is 1. The van der Waals surface area contributed by atoms with Gasteiger partial charge in [0.15, 0.2) is 6.61 Å². The Morgan fingerprint density at radius 1 is 1.17 bits per heavy atom. The third-order valence-electron chi connectivity index (χ3n) is 5.06. The van der Waals surface area contributed by atoms with Crippen LogP contribution in [0.2, 0.25) is 5.02 Å². The van der Waals surface area contributed by atoms with E-state index in [9.17, 15) is 4.79 Å². The van der Waals surface area contributed by atoms with Gasteiger partial charge in [-0.1, -0.05) is 41.9 Å². The maximum atomic E-state index is 12.6. The van der Waals surface area contributed by atoms with Crippen molar-refractivity contribution in [3.05, 3.63) is 71.0 Å². The average Bonchev–Trinajstić information content (AvgIpc) is 3.22. The average molecular weight is 443 g/mol. The van der Waals surface area contributed by atoms with E-state index in [0.717, 1.165) is 30.5 Å². The summed E-state index contributed by atoms with van der Waals surface area (Å²) in [5.41, 5.74) is 1.20. The normalized spacial score (nSPS) is 16.5. The van der Waals surface area contributed by atoms with Gasteiger partial charge in [-0.2, -0.15) is 4.37 Å². The molecule has 1 aliphatic rings. The smallest absolute Gasteiger partial charge is 0.260 e. The van der Waals surface area contributed by atoms with Gasteiger partial charge < -0.3 is 14.5 Å². The maximum absolute atomic E-state index is 12.6. The Hall–Kier alpha value is -2.64. The van der Waals surface area contributed by atoms with E-state index in [1.54, 1.807) is 24.3 Å². The third-order valence-corrected chi connectivity index (χ3v) is 6.12. The first kappa shape index (κ1) is 20.6. The lowest BCUT2D eigenvalue weighted by molar-refractivity contribution is -0.135. The van der Waals surface area contributed by atoms with Crippen LogP contribution in [0.4, 0.5) is 5.13 Å². The number of carbonyl (C=O) groups excluding carboxylic acids is 1. The lowest BCUT2D eigenvalue weighted by Gasteiger charge is -2.39. The van der Waals surface area contributed by atoms with Crippen molar-refractivity contribution in [3.63, 3.8) is 0 Å². The zero-order chi connectivity index (χ0) is 20.9. The van der Waals surface area contributed by atoms with Crippen LogP contribution in [-0.4, -0.2) is 52.4 Å². The molecule has 2 heterocycles. The van der Waals surface area contributed by atoms with E-state index in [1.165, 1.54) is 17.1 Å². The fourth-order valence-corrected chi connectivity index (χ4v) is 4.33. The lowest BCUT2D eigenvalue weighted by Crippen LogP contribution is -2.55. The number of carbonyl (C=O) groups is 1. The van der Waals surface area contributed by atoms with Gasteiger partial charge in [0.2, 0.25) is 5.13 Å². The van der Waals surface area contributed by atoms with E-state index >= 15 is 0 Å². The number of aromatic nitrogens is 2. The third kappa shape index (κ3) is 5.09. The highest BCUT2D eigenvalue weighted by molar-refractivity contribution is 7.09. The highest BCUT2D eigenvalue weighted by atomic mass is 35.5. The molecule has 0 bridgehead atoms. The Morgan fingerprint density at radius 3 is 2.67 bits per heavy atom. The van der Waals surface area contributed by atoms with Crippen molar-refractivity contribution in [1.82, 2.24) is 14.3 Å². The van der Waals surface area contributed by atoms with E-state index in [1.807, 2.05) is 23.1 Å². The van der Waals surface area contributed by atoms with Gasteiger partial charge in [-0.15, -0.1) is 0 Å². The van der Waals surface area contributed by atoms with Crippen molar-refractivity contribution < 1.29 is 9.53 Å². The molecule has 1 unspecified atom stereocenters. The molecule has 156 valence electrons. The monoisotopic (exact) mass is 442 g/mol. The Labute approximate surface area is 185 Å². The number of halogens is 1. The Balaban J connectivity index is 1.30. The summed E-state index contributed by atoms with van der Waals surface area (Å²) in [4.78, 5) is 21.4. The first-order valence-corrected chi connectivity index (χ1v) is 11.0. The van der Waals surface area contributed by atoms with Gasteiger partial charge in [-0.3, -0.25) is 4.79 Å². The molecule has 1 saturated heterocycles. The first-order chi connectivity index (χ1) is 14.6. The number of ether oxygens (including phenoxy) is 1. The van der Waals surface area contributed by atoms with Gasteiger partial charge in [0.1, 0.15) is 11.6 Å². The van der Waals surface area contributed by atoms with Gasteiger partial charge in [-0.05, 0) is 36.8 Å². The molecular formula is C22H23ClN4O2S. The van der Waals surface area contributed by atoms with Crippen LogP contribution < -0.4 is 9.64 Å². The van der Waals surface area contributed by atoms with Crippen LogP contribution in [0.15, 0.2) is 54.6 Å². The van der Waals surface area contributed by atoms with E-state index in [4.69, 9.17) is 21.3 Å². The summed E-state index contributed by atoms with van der Waals surface area (Å²) >= 11 is 7.30. The SMILES string of the molecule is CC1CN(c2nc(Cc3ccccc3)ns2)CCN1C(=O)COc1ccc(Cl)cc1. The molecule has 1 amide bonds. The van der Waals surface area contributed by atoms with Crippen LogP contribution in [-0.2, 0) is 11.2 Å². The Bertz CT molecular complexity index is 980. The molecule has 3 aromatic rings. The molecule has 1 aliphatic heterocycles. The quantitative estimate of drug-likeness (QED) is 0.579. The van der Waals surface area contributed by atoms with E-state index < -0.39 is 0 Å². The maximum Gasteiger partial charge on any atom is 0.260 e. The molecule has 0 radical (unpaired) electrons. The van der Waals surface area contributed by atoms with Crippen LogP contribution >= 0.6 is 23.1 Å². The molecule has 2 aromatic carbocycles. The molecule has 0 saturated carbocycles. The summed E-state index contributed by atoms with van der Waals surface area (Å²) in [6.45, 7) is 4.17. The van der Waals surface area contributed by atoms with Gasteiger partial charge in [0.25, 0.3) is 5.91 Å². The molecule has 4 rings (SSSR count). The van der Waals surface area contributed by atoms with Crippen molar-refractivity contribution in [1.29, 1.82) is 0 Å². The number of hydrogen-bond donors (Lipinski definition) is 0. The second kappa shape index (κ2) is 9.45. The summed E-state index contributed by atoms with van der Waals surface area (Å²) in [5.74, 6) is 1.46.